The largest absolute Gasteiger partial charge is 0.445 e. The second kappa shape index (κ2) is 9.09. The van der Waals surface area contributed by atoms with Gasteiger partial charge in [-0.3, -0.25) is 9.78 Å². The molecule has 9 nitrogen and oxygen atoms in total. The topological polar surface area (TPSA) is 111 Å². The molecule has 0 fully saturated rings. The molecule has 0 spiro atoms. The van der Waals surface area contributed by atoms with E-state index in [2.05, 4.69) is 25.9 Å². The predicted molar refractivity (Wildman–Crippen MR) is 95.6 cm³/mol. The van der Waals surface area contributed by atoms with Crippen molar-refractivity contribution >= 4 is 12.0 Å². The Morgan fingerprint density at radius 2 is 1.81 bits per heavy atom. The van der Waals surface area contributed by atoms with Gasteiger partial charge in [0.25, 0.3) is 0 Å². The minimum absolute atomic E-state index is 0.145. The molecule has 0 radical (unpaired) electrons. The van der Waals surface area contributed by atoms with Crippen molar-refractivity contribution in [3.8, 4) is 5.69 Å². The molecule has 0 bridgehead atoms. The Labute approximate surface area is 155 Å². The molecule has 2 aromatic heterocycles. The molecule has 3 aromatic rings. The van der Waals surface area contributed by atoms with Crippen LogP contribution in [0.1, 0.15) is 11.3 Å². The van der Waals surface area contributed by atoms with Crippen molar-refractivity contribution in [1.82, 2.24) is 30.6 Å². The number of alkyl carbamates (subject to hydrolysis) is 1. The van der Waals surface area contributed by atoms with Gasteiger partial charge in [0, 0.05) is 12.4 Å². The number of carbonyl (C=O) groups excluding carboxylic acids is 2. The van der Waals surface area contributed by atoms with Crippen molar-refractivity contribution in [3.05, 3.63) is 72.3 Å². The first-order chi connectivity index (χ1) is 13.2. The van der Waals surface area contributed by atoms with E-state index in [-0.39, 0.29) is 25.6 Å². The smallest absolute Gasteiger partial charge is 0.407 e. The average molecular weight is 366 g/mol. The van der Waals surface area contributed by atoms with Crippen molar-refractivity contribution in [2.75, 3.05) is 6.54 Å². The lowest BCUT2D eigenvalue weighted by Gasteiger charge is -2.07. The summed E-state index contributed by atoms with van der Waals surface area (Å²) in [6.07, 6.45) is 4.36. The molecule has 138 valence electrons. The van der Waals surface area contributed by atoms with E-state index in [9.17, 15) is 9.59 Å². The van der Waals surface area contributed by atoms with Gasteiger partial charge in [-0.1, -0.05) is 35.5 Å². The minimum atomic E-state index is -0.655. The predicted octanol–water partition coefficient (Wildman–Crippen LogP) is 1.20. The maximum atomic E-state index is 11.8. The molecule has 0 aliphatic rings. The van der Waals surface area contributed by atoms with Crippen molar-refractivity contribution < 1.29 is 14.3 Å². The van der Waals surface area contributed by atoms with Crippen LogP contribution in [0.15, 0.2) is 61.1 Å². The van der Waals surface area contributed by atoms with E-state index >= 15 is 0 Å². The molecule has 3 rings (SSSR count). The maximum absolute atomic E-state index is 11.8. The summed E-state index contributed by atoms with van der Waals surface area (Å²) in [7, 11) is 0. The summed E-state index contributed by atoms with van der Waals surface area (Å²) < 4.78 is 6.62. The van der Waals surface area contributed by atoms with Crippen molar-refractivity contribution in [1.29, 1.82) is 0 Å². The molecular weight excluding hydrogens is 348 g/mol. The maximum Gasteiger partial charge on any atom is 0.407 e. The molecule has 0 atom stereocenters. The van der Waals surface area contributed by atoms with E-state index in [0.717, 1.165) is 11.3 Å². The van der Waals surface area contributed by atoms with Crippen molar-refractivity contribution in [3.63, 3.8) is 0 Å². The Balaban J connectivity index is 1.37. The number of hydrogen-bond acceptors (Lipinski definition) is 6. The van der Waals surface area contributed by atoms with Crippen LogP contribution in [0.4, 0.5) is 4.79 Å². The van der Waals surface area contributed by atoms with Gasteiger partial charge in [-0.15, -0.1) is 5.10 Å². The molecule has 0 unspecified atom stereocenters. The van der Waals surface area contributed by atoms with Gasteiger partial charge in [-0.25, -0.2) is 9.48 Å². The number of pyridine rings is 1. The first-order valence-corrected chi connectivity index (χ1v) is 8.23. The summed E-state index contributed by atoms with van der Waals surface area (Å²) >= 11 is 0. The highest BCUT2D eigenvalue weighted by atomic mass is 16.5. The van der Waals surface area contributed by atoms with E-state index in [1.165, 1.54) is 0 Å². The van der Waals surface area contributed by atoms with Crippen LogP contribution in [0.2, 0.25) is 0 Å². The quantitative estimate of drug-likeness (QED) is 0.650. The third kappa shape index (κ3) is 5.63. The zero-order valence-electron chi connectivity index (χ0n) is 14.4. The third-order valence-corrected chi connectivity index (χ3v) is 3.54. The Morgan fingerprint density at radius 1 is 1.04 bits per heavy atom. The monoisotopic (exact) mass is 366 g/mol. The second-order valence-corrected chi connectivity index (χ2v) is 5.55. The van der Waals surface area contributed by atoms with Crippen LogP contribution in [-0.4, -0.2) is 38.5 Å². The van der Waals surface area contributed by atoms with Crippen LogP contribution in [-0.2, 0) is 22.7 Å². The molecular formula is C18H18N6O3. The van der Waals surface area contributed by atoms with Crippen LogP contribution in [0.5, 0.6) is 0 Å². The first kappa shape index (κ1) is 18.1. The van der Waals surface area contributed by atoms with Gasteiger partial charge >= 0.3 is 6.09 Å². The van der Waals surface area contributed by atoms with Gasteiger partial charge in [0.1, 0.15) is 18.8 Å². The van der Waals surface area contributed by atoms with Crippen LogP contribution >= 0.6 is 0 Å². The van der Waals surface area contributed by atoms with Crippen LogP contribution < -0.4 is 10.6 Å². The fraction of sp³-hybridized carbons (Fsp3) is 0.167. The number of nitrogens with zero attached hydrogens (tertiary/aromatic N) is 4. The molecule has 9 heteroatoms. The van der Waals surface area contributed by atoms with Crippen LogP contribution in [0.3, 0.4) is 0 Å². The summed E-state index contributed by atoms with van der Waals surface area (Å²) in [4.78, 5) is 27.4. The highest BCUT2D eigenvalue weighted by Gasteiger charge is 2.08. The summed E-state index contributed by atoms with van der Waals surface area (Å²) in [6.45, 7) is 0.156. The third-order valence-electron chi connectivity index (χ3n) is 3.54. The molecule has 2 heterocycles. The Kier molecular flexibility index (Phi) is 6.08. The number of amides is 2. The van der Waals surface area contributed by atoms with E-state index in [1.807, 2.05) is 30.3 Å². The Morgan fingerprint density at radius 3 is 2.59 bits per heavy atom. The molecule has 2 amide bonds. The molecule has 1 aromatic carbocycles. The normalized spacial score (nSPS) is 10.2. The Bertz CT molecular complexity index is 882. The summed E-state index contributed by atoms with van der Waals surface area (Å²) in [5.74, 6) is -0.356. The van der Waals surface area contributed by atoms with Gasteiger partial charge < -0.3 is 15.4 Å². The van der Waals surface area contributed by atoms with Crippen molar-refractivity contribution in [2.24, 2.45) is 0 Å². The van der Waals surface area contributed by atoms with Gasteiger partial charge in [0.2, 0.25) is 5.91 Å². The number of benzene rings is 1. The lowest BCUT2D eigenvalue weighted by atomic mass is 10.2. The molecule has 0 saturated heterocycles. The molecule has 0 aliphatic heterocycles. The lowest BCUT2D eigenvalue weighted by molar-refractivity contribution is -0.120. The van der Waals surface area contributed by atoms with Crippen LogP contribution in [0, 0.1) is 0 Å². The number of aromatic nitrogens is 4. The van der Waals surface area contributed by atoms with Gasteiger partial charge in [0.15, 0.2) is 0 Å². The molecule has 2 N–H and O–H groups in total. The molecule has 0 saturated carbocycles. The number of rotatable bonds is 7. The van der Waals surface area contributed by atoms with E-state index in [1.54, 1.807) is 35.4 Å². The average Bonchev–Trinajstić information content (AvgIpc) is 3.20. The fourth-order valence-electron chi connectivity index (χ4n) is 2.18. The molecule has 27 heavy (non-hydrogen) atoms. The Hall–Kier alpha value is -3.75. The fourth-order valence-corrected chi connectivity index (χ4v) is 2.18. The summed E-state index contributed by atoms with van der Waals surface area (Å²) in [5, 5.41) is 13.0. The lowest BCUT2D eigenvalue weighted by Crippen LogP contribution is -2.36. The highest BCUT2D eigenvalue weighted by molar-refractivity contribution is 5.82. The summed E-state index contributed by atoms with van der Waals surface area (Å²) in [5.41, 5.74) is 2.28. The minimum Gasteiger partial charge on any atom is -0.445 e. The van der Waals surface area contributed by atoms with Crippen LogP contribution in [0.25, 0.3) is 5.69 Å². The van der Waals surface area contributed by atoms with E-state index in [4.69, 9.17) is 4.74 Å². The van der Waals surface area contributed by atoms with Gasteiger partial charge in [-0.2, -0.15) is 0 Å². The van der Waals surface area contributed by atoms with E-state index < -0.39 is 6.09 Å². The van der Waals surface area contributed by atoms with E-state index in [0.29, 0.717) is 5.69 Å². The first-order valence-electron chi connectivity index (χ1n) is 8.23. The number of hydrogen-bond donors (Lipinski definition) is 2. The zero-order chi connectivity index (χ0) is 18.9. The zero-order valence-corrected chi connectivity index (χ0v) is 14.4. The summed E-state index contributed by atoms with van der Waals surface area (Å²) in [6, 6.07) is 12.9. The molecule has 0 aliphatic carbocycles. The van der Waals surface area contributed by atoms with Gasteiger partial charge in [-0.05, 0) is 17.7 Å². The van der Waals surface area contributed by atoms with Gasteiger partial charge in [0.05, 0.1) is 18.4 Å². The highest BCUT2D eigenvalue weighted by Crippen LogP contribution is 2.04. The second-order valence-electron chi connectivity index (χ2n) is 5.55. The number of ether oxygens (including phenoxy) is 1. The SMILES string of the molecule is O=C(CNC(=O)OCc1ccccc1)NCc1cn(-c2ccncc2)nn1. The number of carbonyl (C=O) groups is 2. The standard InChI is InChI=1S/C18H18N6O3/c25-17(11-21-18(26)27-13-14-4-2-1-3-5-14)20-10-15-12-24(23-22-15)16-6-8-19-9-7-16/h1-9,12H,10-11,13H2,(H,20,25)(H,21,26). The van der Waals surface area contributed by atoms with Crippen molar-refractivity contribution in [2.45, 2.75) is 13.2 Å². The number of nitrogens with one attached hydrogen (secondary N) is 2.